The first kappa shape index (κ1) is 13.3. The Morgan fingerprint density at radius 1 is 1.35 bits per heavy atom. The van der Waals surface area contributed by atoms with Gasteiger partial charge in [-0.1, -0.05) is 22.0 Å². The summed E-state index contributed by atoms with van der Waals surface area (Å²) in [6.45, 7) is 0. The van der Waals surface area contributed by atoms with Crippen molar-refractivity contribution in [2.45, 2.75) is 25.2 Å². The zero-order chi connectivity index (χ0) is 14.1. The van der Waals surface area contributed by atoms with Gasteiger partial charge in [-0.2, -0.15) is 0 Å². The summed E-state index contributed by atoms with van der Waals surface area (Å²) in [5, 5.41) is 0. The van der Waals surface area contributed by atoms with E-state index in [-0.39, 0.29) is 11.7 Å². The van der Waals surface area contributed by atoms with E-state index in [1.165, 1.54) is 5.56 Å². The zero-order valence-corrected chi connectivity index (χ0v) is 12.6. The van der Waals surface area contributed by atoms with Crippen molar-refractivity contribution in [1.29, 1.82) is 0 Å². The van der Waals surface area contributed by atoms with E-state index in [9.17, 15) is 4.79 Å². The van der Waals surface area contributed by atoms with Gasteiger partial charge in [0.2, 0.25) is 0 Å². The highest BCUT2D eigenvalue weighted by molar-refractivity contribution is 9.10. The second kappa shape index (κ2) is 5.37. The third-order valence-electron chi connectivity index (χ3n) is 3.72. The average Bonchev–Trinajstić information content (AvgIpc) is 2.45. The van der Waals surface area contributed by atoms with Gasteiger partial charge in [-0.25, -0.2) is 0 Å². The Kier molecular flexibility index (Phi) is 3.57. The van der Waals surface area contributed by atoms with E-state index in [4.69, 9.17) is 5.73 Å². The summed E-state index contributed by atoms with van der Waals surface area (Å²) in [5.41, 5.74) is 9.20. The summed E-state index contributed by atoms with van der Waals surface area (Å²) >= 11 is 3.39. The molecule has 2 aromatic rings. The SMILES string of the molecule is Nc1cc(Br)cc(C(=O)C2CCCc3cccnc32)c1. The predicted octanol–water partition coefficient (Wildman–Crippen LogP) is 3.73. The fourth-order valence-electron chi connectivity index (χ4n) is 2.82. The lowest BCUT2D eigenvalue weighted by atomic mass is 9.82. The molecule has 0 radical (unpaired) electrons. The molecule has 0 bridgehead atoms. The van der Waals surface area contributed by atoms with E-state index in [2.05, 4.69) is 27.0 Å². The minimum absolute atomic E-state index is 0.109. The number of hydrogen-bond donors (Lipinski definition) is 1. The van der Waals surface area contributed by atoms with Crippen molar-refractivity contribution in [1.82, 2.24) is 4.98 Å². The van der Waals surface area contributed by atoms with E-state index in [0.717, 1.165) is 29.4 Å². The molecule has 1 aliphatic rings. The van der Waals surface area contributed by atoms with Gasteiger partial charge in [-0.05, 0) is 49.1 Å². The van der Waals surface area contributed by atoms with Crippen LogP contribution in [0.5, 0.6) is 0 Å². The lowest BCUT2D eigenvalue weighted by Gasteiger charge is -2.23. The zero-order valence-electron chi connectivity index (χ0n) is 11.0. The fraction of sp³-hybridized carbons (Fsp3) is 0.250. The monoisotopic (exact) mass is 330 g/mol. The van der Waals surface area contributed by atoms with Gasteiger partial charge >= 0.3 is 0 Å². The molecule has 4 heteroatoms. The molecule has 0 spiro atoms. The Morgan fingerprint density at radius 3 is 3.00 bits per heavy atom. The topological polar surface area (TPSA) is 56.0 Å². The maximum absolute atomic E-state index is 12.8. The molecular formula is C16H15BrN2O. The number of benzene rings is 1. The molecule has 3 nitrogen and oxygen atoms in total. The first-order valence-corrected chi connectivity index (χ1v) is 7.48. The van der Waals surface area contributed by atoms with Crippen LogP contribution in [0.2, 0.25) is 0 Å². The van der Waals surface area contributed by atoms with Crippen LogP contribution in [0.25, 0.3) is 0 Å². The van der Waals surface area contributed by atoms with E-state index < -0.39 is 0 Å². The first-order chi connectivity index (χ1) is 9.65. The van der Waals surface area contributed by atoms with Crippen molar-refractivity contribution in [3.05, 3.63) is 57.8 Å². The quantitative estimate of drug-likeness (QED) is 0.674. The Morgan fingerprint density at radius 2 is 2.20 bits per heavy atom. The van der Waals surface area contributed by atoms with Gasteiger partial charge in [0.1, 0.15) is 0 Å². The molecule has 1 unspecified atom stereocenters. The van der Waals surface area contributed by atoms with E-state index in [1.807, 2.05) is 12.1 Å². The molecule has 1 aromatic heterocycles. The summed E-state index contributed by atoms with van der Waals surface area (Å²) in [7, 11) is 0. The minimum Gasteiger partial charge on any atom is -0.399 e. The van der Waals surface area contributed by atoms with Crippen molar-refractivity contribution in [2.24, 2.45) is 0 Å². The molecule has 20 heavy (non-hydrogen) atoms. The molecule has 0 saturated heterocycles. The van der Waals surface area contributed by atoms with Gasteiger partial charge in [0.05, 0.1) is 11.6 Å². The number of rotatable bonds is 2. The largest absolute Gasteiger partial charge is 0.399 e. The number of Topliss-reactive ketones (excluding diaryl/α,β-unsaturated/α-hetero) is 1. The molecule has 102 valence electrons. The second-order valence-corrected chi connectivity index (χ2v) is 6.05. The third-order valence-corrected chi connectivity index (χ3v) is 4.17. The van der Waals surface area contributed by atoms with Gasteiger partial charge in [0.25, 0.3) is 0 Å². The highest BCUT2D eigenvalue weighted by Crippen LogP contribution is 2.33. The van der Waals surface area contributed by atoms with Crippen molar-refractivity contribution in [3.63, 3.8) is 0 Å². The minimum atomic E-state index is -0.145. The Labute approximate surface area is 126 Å². The number of fused-ring (bicyclic) bond motifs is 1. The third kappa shape index (κ3) is 2.48. The van der Waals surface area contributed by atoms with Crippen molar-refractivity contribution < 1.29 is 4.79 Å². The number of nitrogens with two attached hydrogens (primary N) is 1. The highest BCUT2D eigenvalue weighted by Gasteiger charge is 2.28. The van der Waals surface area contributed by atoms with Crippen molar-refractivity contribution in [2.75, 3.05) is 5.73 Å². The van der Waals surface area contributed by atoms with Gasteiger partial charge in [0.15, 0.2) is 5.78 Å². The predicted molar refractivity (Wildman–Crippen MR) is 82.8 cm³/mol. The summed E-state index contributed by atoms with van der Waals surface area (Å²) in [6.07, 6.45) is 4.65. The average molecular weight is 331 g/mol. The number of aryl methyl sites for hydroxylation is 1. The maximum Gasteiger partial charge on any atom is 0.172 e. The molecule has 1 heterocycles. The number of halogens is 1. The number of nitrogen functional groups attached to an aromatic ring is 1. The van der Waals surface area contributed by atoms with Crippen LogP contribution in [-0.4, -0.2) is 10.8 Å². The van der Waals surface area contributed by atoms with E-state index >= 15 is 0 Å². The molecule has 1 aliphatic carbocycles. The molecule has 1 atom stereocenters. The van der Waals surface area contributed by atoms with Crippen molar-refractivity contribution in [3.8, 4) is 0 Å². The van der Waals surface area contributed by atoms with Crippen LogP contribution in [0.15, 0.2) is 41.0 Å². The van der Waals surface area contributed by atoms with Gasteiger partial charge in [-0.15, -0.1) is 0 Å². The number of aromatic nitrogens is 1. The summed E-state index contributed by atoms with van der Waals surface area (Å²) < 4.78 is 0.831. The van der Waals surface area contributed by atoms with E-state index in [0.29, 0.717) is 11.3 Å². The van der Waals surface area contributed by atoms with Crippen LogP contribution in [0.4, 0.5) is 5.69 Å². The lowest BCUT2D eigenvalue weighted by Crippen LogP contribution is -2.20. The first-order valence-electron chi connectivity index (χ1n) is 6.69. The van der Waals surface area contributed by atoms with Crippen LogP contribution in [0.1, 0.15) is 40.4 Å². The molecular weight excluding hydrogens is 316 g/mol. The van der Waals surface area contributed by atoms with Gasteiger partial charge in [-0.3, -0.25) is 9.78 Å². The number of anilines is 1. The van der Waals surface area contributed by atoms with Crippen molar-refractivity contribution >= 4 is 27.4 Å². The van der Waals surface area contributed by atoms with Crippen LogP contribution < -0.4 is 5.73 Å². The van der Waals surface area contributed by atoms with Crippen LogP contribution >= 0.6 is 15.9 Å². The maximum atomic E-state index is 12.8. The molecule has 0 amide bonds. The lowest BCUT2D eigenvalue weighted by molar-refractivity contribution is 0.0949. The van der Waals surface area contributed by atoms with Crippen LogP contribution in [0, 0.1) is 0 Å². The fourth-order valence-corrected chi connectivity index (χ4v) is 3.33. The molecule has 0 fully saturated rings. The smallest absolute Gasteiger partial charge is 0.172 e. The summed E-state index contributed by atoms with van der Waals surface area (Å²) in [6, 6.07) is 9.36. The van der Waals surface area contributed by atoms with Gasteiger partial charge < -0.3 is 5.73 Å². The number of ketones is 1. The molecule has 3 rings (SSSR count). The number of nitrogens with zero attached hydrogens (tertiary/aromatic N) is 1. The van der Waals surface area contributed by atoms with Crippen LogP contribution in [-0.2, 0) is 6.42 Å². The standard InChI is InChI=1S/C16H15BrN2O/c17-12-7-11(8-13(18)9-12)16(20)14-5-1-3-10-4-2-6-19-15(10)14/h2,4,6-9,14H,1,3,5,18H2. The Bertz CT molecular complexity index is 649. The molecule has 0 aliphatic heterocycles. The normalized spacial score (nSPS) is 17.6. The number of carbonyl (C=O) groups excluding carboxylic acids is 1. The summed E-state index contributed by atoms with van der Waals surface area (Å²) in [5.74, 6) is -0.0358. The Hall–Kier alpha value is -1.68. The number of pyridine rings is 1. The van der Waals surface area contributed by atoms with Gasteiger partial charge in [0, 0.05) is 21.9 Å². The number of carbonyl (C=O) groups is 1. The highest BCUT2D eigenvalue weighted by atomic mass is 79.9. The molecule has 2 N–H and O–H groups in total. The molecule has 1 aromatic carbocycles. The van der Waals surface area contributed by atoms with Crippen LogP contribution in [0.3, 0.4) is 0 Å². The molecule has 0 saturated carbocycles. The number of hydrogen-bond acceptors (Lipinski definition) is 3. The second-order valence-electron chi connectivity index (χ2n) is 5.13. The van der Waals surface area contributed by atoms with E-state index in [1.54, 1.807) is 18.3 Å². The Balaban J connectivity index is 1.99. The summed E-state index contributed by atoms with van der Waals surface area (Å²) in [4.78, 5) is 17.2.